The van der Waals surface area contributed by atoms with E-state index in [1.807, 2.05) is 20.8 Å². The van der Waals surface area contributed by atoms with Gasteiger partial charge in [-0.15, -0.1) is 0 Å². The van der Waals surface area contributed by atoms with Gasteiger partial charge in [-0.25, -0.2) is 9.59 Å². The molecule has 0 aromatic carbocycles. The molecule has 1 rings (SSSR count). The van der Waals surface area contributed by atoms with Crippen LogP contribution in [0.25, 0.3) is 0 Å². The maximum absolute atomic E-state index is 11.8. The first-order chi connectivity index (χ1) is 9.18. The van der Waals surface area contributed by atoms with E-state index in [-0.39, 0.29) is 17.4 Å². The van der Waals surface area contributed by atoms with Crippen molar-refractivity contribution in [2.75, 3.05) is 13.2 Å². The molecule has 1 fully saturated rings. The Balaban J connectivity index is 3.00. The lowest BCUT2D eigenvalue weighted by Gasteiger charge is -2.43. The summed E-state index contributed by atoms with van der Waals surface area (Å²) in [4.78, 5) is 24.6. The van der Waals surface area contributed by atoms with Crippen molar-refractivity contribution in [1.82, 2.24) is 4.90 Å². The predicted octanol–water partition coefficient (Wildman–Crippen LogP) is 3.05. The number of esters is 1. The number of likely N-dealkylation sites (tertiary alicyclic amines) is 1. The van der Waals surface area contributed by atoms with Crippen LogP contribution < -0.4 is 0 Å². The van der Waals surface area contributed by atoms with E-state index >= 15 is 0 Å². The van der Waals surface area contributed by atoms with Crippen molar-refractivity contribution >= 4 is 12.1 Å². The van der Waals surface area contributed by atoms with E-state index in [4.69, 9.17) is 4.74 Å². The highest BCUT2D eigenvalue weighted by atomic mass is 16.5. The summed E-state index contributed by atoms with van der Waals surface area (Å²) in [5.74, 6) is -0.293. The number of piperidine rings is 1. The molecule has 0 aliphatic carbocycles. The maximum atomic E-state index is 11.8. The average Bonchev–Trinajstić information content (AvgIpc) is 2.36. The fourth-order valence-electron chi connectivity index (χ4n) is 2.58. The molecule has 1 unspecified atom stereocenters. The van der Waals surface area contributed by atoms with Gasteiger partial charge in [0.15, 0.2) is 0 Å². The number of amides is 1. The summed E-state index contributed by atoms with van der Waals surface area (Å²) in [6.07, 6.45) is 0.307. The molecule has 1 aliphatic heterocycles. The molecule has 1 N–H and O–H groups in total. The standard InChI is InChI=1S/C15H25NO4/c1-6-20-13(17)10(2)11-7-8-16(14(18)19)12(9-11)15(3,4)5/h12H,6-9H2,1-5H3,(H,18,19). The molecule has 0 radical (unpaired) electrons. The number of ether oxygens (including phenoxy) is 1. The normalized spacial score (nSPS) is 22.4. The Labute approximate surface area is 120 Å². The Bertz CT molecular complexity index is 420. The zero-order chi connectivity index (χ0) is 15.5. The number of rotatable bonds is 2. The van der Waals surface area contributed by atoms with Crippen LogP contribution >= 0.6 is 0 Å². The molecule has 5 heteroatoms. The third-order valence-electron chi connectivity index (χ3n) is 3.83. The highest BCUT2D eigenvalue weighted by molar-refractivity contribution is 5.88. The van der Waals surface area contributed by atoms with Gasteiger partial charge in [0.1, 0.15) is 0 Å². The van der Waals surface area contributed by atoms with Crippen molar-refractivity contribution in [2.24, 2.45) is 5.41 Å². The number of carboxylic acid groups (broad SMARTS) is 1. The summed E-state index contributed by atoms with van der Waals surface area (Å²) in [6.45, 7) is 10.4. The Morgan fingerprint density at radius 1 is 1.40 bits per heavy atom. The number of carbonyl (C=O) groups is 2. The zero-order valence-corrected chi connectivity index (χ0v) is 13.0. The first kappa shape index (κ1) is 16.5. The second kappa shape index (κ2) is 6.29. The smallest absolute Gasteiger partial charge is 0.407 e. The van der Waals surface area contributed by atoms with Crippen LogP contribution in [0.5, 0.6) is 0 Å². The van der Waals surface area contributed by atoms with Gasteiger partial charge in [-0.1, -0.05) is 26.3 Å². The first-order valence-electron chi connectivity index (χ1n) is 7.03. The fourth-order valence-corrected chi connectivity index (χ4v) is 2.58. The molecule has 0 spiro atoms. The maximum Gasteiger partial charge on any atom is 0.407 e. The second-order valence-electron chi connectivity index (χ2n) is 6.26. The minimum Gasteiger partial charge on any atom is -0.465 e. The van der Waals surface area contributed by atoms with Crippen molar-refractivity contribution in [3.63, 3.8) is 0 Å². The van der Waals surface area contributed by atoms with E-state index < -0.39 is 6.09 Å². The molecule has 1 amide bonds. The van der Waals surface area contributed by atoms with Gasteiger partial charge in [0.25, 0.3) is 0 Å². The minimum atomic E-state index is -0.891. The largest absolute Gasteiger partial charge is 0.465 e. The van der Waals surface area contributed by atoms with Crippen molar-refractivity contribution in [2.45, 2.75) is 53.5 Å². The summed E-state index contributed by atoms with van der Waals surface area (Å²) < 4.78 is 5.03. The summed E-state index contributed by atoms with van der Waals surface area (Å²) in [5, 5.41) is 9.31. The van der Waals surface area contributed by atoms with Gasteiger partial charge in [-0.05, 0) is 32.1 Å². The van der Waals surface area contributed by atoms with Gasteiger partial charge in [0.2, 0.25) is 0 Å². The van der Waals surface area contributed by atoms with Crippen molar-refractivity contribution in [3.05, 3.63) is 11.1 Å². The van der Waals surface area contributed by atoms with Gasteiger partial charge >= 0.3 is 12.1 Å². The molecule has 1 atom stereocenters. The molecule has 1 heterocycles. The van der Waals surface area contributed by atoms with E-state index in [1.54, 1.807) is 13.8 Å². The Morgan fingerprint density at radius 2 is 2.00 bits per heavy atom. The van der Waals surface area contributed by atoms with Gasteiger partial charge in [0, 0.05) is 18.2 Å². The molecule has 20 heavy (non-hydrogen) atoms. The Hall–Kier alpha value is -1.52. The molecular formula is C15H25NO4. The van der Waals surface area contributed by atoms with Crippen molar-refractivity contribution in [3.8, 4) is 0 Å². The first-order valence-corrected chi connectivity index (χ1v) is 7.03. The van der Waals surface area contributed by atoms with Gasteiger partial charge < -0.3 is 14.7 Å². The Kier molecular flexibility index (Phi) is 5.20. The summed E-state index contributed by atoms with van der Waals surface area (Å²) in [7, 11) is 0. The third kappa shape index (κ3) is 3.74. The van der Waals surface area contributed by atoms with Gasteiger partial charge in [0.05, 0.1) is 6.61 Å². The molecule has 0 saturated carbocycles. The van der Waals surface area contributed by atoms with Crippen LogP contribution in [0.1, 0.15) is 47.5 Å². The van der Waals surface area contributed by atoms with Crippen LogP contribution in [0.15, 0.2) is 11.1 Å². The molecule has 0 aromatic heterocycles. The highest BCUT2D eigenvalue weighted by Gasteiger charge is 2.37. The SMILES string of the molecule is CCOC(=O)C(C)=C1CCN(C(=O)O)C(C(C)(C)C)C1. The quantitative estimate of drug-likeness (QED) is 0.625. The summed E-state index contributed by atoms with van der Waals surface area (Å²) >= 11 is 0. The topological polar surface area (TPSA) is 66.8 Å². The van der Waals surface area contributed by atoms with E-state index in [0.717, 1.165) is 5.57 Å². The third-order valence-corrected chi connectivity index (χ3v) is 3.83. The molecule has 114 valence electrons. The van der Waals surface area contributed by atoms with Crippen LogP contribution in [0.4, 0.5) is 4.79 Å². The fraction of sp³-hybridized carbons (Fsp3) is 0.733. The van der Waals surface area contributed by atoms with Crippen LogP contribution in [-0.2, 0) is 9.53 Å². The molecule has 1 aliphatic rings. The summed E-state index contributed by atoms with van der Waals surface area (Å²) in [5.41, 5.74) is 1.48. The lowest BCUT2D eigenvalue weighted by atomic mass is 9.78. The average molecular weight is 283 g/mol. The van der Waals surface area contributed by atoms with Gasteiger partial charge in [-0.2, -0.15) is 0 Å². The monoisotopic (exact) mass is 283 g/mol. The van der Waals surface area contributed by atoms with Crippen LogP contribution in [0, 0.1) is 5.41 Å². The molecule has 0 bridgehead atoms. The molecule has 1 saturated heterocycles. The predicted molar refractivity (Wildman–Crippen MR) is 76.5 cm³/mol. The second-order valence-corrected chi connectivity index (χ2v) is 6.26. The van der Waals surface area contributed by atoms with E-state index in [1.165, 1.54) is 4.90 Å². The molecular weight excluding hydrogens is 258 g/mol. The van der Waals surface area contributed by atoms with Crippen LogP contribution in [0.3, 0.4) is 0 Å². The number of carbonyl (C=O) groups excluding carboxylic acids is 1. The van der Waals surface area contributed by atoms with Crippen molar-refractivity contribution in [1.29, 1.82) is 0 Å². The van der Waals surface area contributed by atoms with Crippen molar-refractivity contribution < 1.29 is 19.4 Å². The van der Waals surface area contributed by atoms with E-state index in [9.17, 15) is 14.7 Å². The van der Waals surface area contributed by atoms with E-state index in [2.05, 4.69) is 0 Å². The Morgan fingerprint density at radius 3 is 2.45 bits per heavy atom. The lowest BCUT2D eigenvalue weighted by Crippen LogP contribution is -2.50. The highest BCUT2D eigenvalue weighted by Crippen LogP contribution is 2.35. The number of hydrogen-bond donors (Lipinski definition) is 1. The molecule has 0 aromatic rings. The number of nitrogens with zero attached hydrogens (tertiary/aromatic N) is 1. The zero-order valence-electron chi connectivity index (χ0n) is 13.0. The minimum absolute atomic E-state index is 0.117. The van der Waals surface area contributed by atoms with Gasteiger partial charge in [-0.3, -0.25) is 0 Å². The summed E-state index contributed by atoms with van der Waals surface area (Å²) in [6, 6.07) is -0.117. The van der Waals surface area contributed by atoms with E-state index in [0.29, 0.717) is 31.6 Å². The van der Waals surface area contributed by atoms with Crippen LogP contribution in [0.2, 0.25) is 0 Å². The lowest BCUT2D eigenvalue weighted by molar-refractivity contribution is -0.138. The molecule has 5 nitrogen and oxygen atoms in total. The van der Waals surface area contributed by atoms with Crippen LogP contribution in [-0.4, -0.2) is 41.3 Å². The number of hydrogen-bond acceptors (Lipinski definition) is 3.